The molecule has 0 saturated carbocycles. The van der Waals surface area contributed by atoms with Gasteiger partial charge in [-0.2, -0.15) is 0 Å². The van der Waals surface area contributed by atoms with Gasteiger partial charge in [-0.1, -0.05) is 36.7 Å². The first kappa shape index (κ1) is 21.6. The van der Waals surface area contributed by atoms with Crippen molar-refractivity contribution in [2.45, 2.75) is 33.7 Å². The van der Waals surface area contributed by atoms with Gasteiger partial charge in [0, 0.05) is 24.7 Å². The molecular formula is C21H30N4O3. The zero-order chi connectivity index (χ0) is 20.8. The van der Waals surface area contributed by atoms with Crippen molar-refractivity contribution in [2.24, 2.45) is 5.92 Å². The molecule has 7 nitrogen and oxygen atoms in total. The molecule has 1 aromatic heterocycles. The highest BCUT2D eigenvalue weighted by atomic mass is 16.5. The van der Waals surface area contributed by atoms with E-state index >= 15 is 0 Å². The Morgan fingerprint density at radius 3 is 2.54 bits per heavy atom. The normalized spacial score (nSPS) is 12.3. The molecule has 1 atom stereocenters. The van der Waals surface area contributed by atoms with E-state index in [1.54, 1.807) is 6.07 Å². The Kier molecular flexibility index (Phi) is 7.34. The van der Waals surface area contributed by atoms with Crippen molar-refractivity contribution in [1.82, 2.24) is 20.7 Å². The monoisotopic (exact) mass is 386 g/mol. The first-order valence-corrected chi connectivity index (χ1v) is 9.46. The Balaban J connectivity index is 2.09. The Hall–Kier alpha value is -2.67. The third-order valence-electron chi connectivity index (χ3n) is 4.50. The summed E-state index contributed by atoms with van der Waals surface area (Å²) >= 11 is 0. The van der Waals surface area contributed by atoms with Crippen LogP contribution in [0.25, 0.3) is 11.3 Å². The molecule has 0 unspecified atom stereocenters. The van der Waals surface area contributed by atoms with Gasteiger partial charge in [0.2, 0.25) is 5.91 Å². The number of amides is 2. The van der Waals surface area contributed by atoms with Gasteiger partial charge in [-0.25, -0.2) is 0 Å². The molecule has 1 heterocycles. The van der Waals surface area contributed by atoms with E-state index < -0.39 is 11.9 Å². The van der Waals surface area contributed by atoms with Crippen LogP contribution in [0.4, 0.5) is 0 Å². The first-order valence-electron chi connectivity index (χ1n) is 9.46. The molecule has 2 N–H and O–H groups in total. The molecule has 0 fully saturated rings. The number of nitrogens with one attached hydrogen (secondary N) is 2. The zero-order valence-corrected chi connectivity index (χ0v) is 17.5. The molecule has 0 bridgehead atoms. The summed E-state index contributed by atoms with van der Waals surface area (Å²) in [5.41, 5.74) is 3.18. The fourth-order valence-corrected chi connectivity index (χ4v) is 2.77. The molecule has 0 aliphatic carbocycles. The number of hydrogen-bond donors (Lipinski definition) is 2. The average Bonchev–Trinajstić information content (AvgIpc) is 3.10. The van der Waals surface area contributed by atoms with Crippen LogP contribution in [0.15, 0.2) is 28.8 Å². The van der Waals surface area contributed by atoms with Crippen LogP contribution in [-0.4, -0.2) is 55.1 Å². The Morgan fingerprint density at radius 2 is 1.89 bits per heavy atom. The van der Waals surface area contributed by atoms with Crippen LogP contribution in [0, 0.1) is 19.8 Å². The van der Waals surface area contributed by atoms with Gasteiger partial charge in [0.25, 0.3) is 5.91 Å². The molecule has 0 radical (unpaired) electrons. The predicted molar refractivity (Wildman–Crippen MR) is 109 cm³/mol. The van der Waals surface area contributed by atoms with Crippen LogP contribution < -0.4 is 10.6 Å². The summed E-state index contributed by atoms with van der Waals surface area (Å²) < 4.78 is 5.38. The fraction of sp³-hybridized carbons (Fsp3) is 0.476. The highest BCUT2D eigenvalue weighted by Gasteiger charge is 2.26. The summed E-state index contributed by atoms with van der Waals surface area (Å²) in [5.74, 6) is -0.165. The molecule has 0 spiro atoms. The maximum Gasteiger partial charge on any atom is 0.274 e. The average molecular weight is 386 g/mol. The summed E-state index contributed by atoms with van der Waals surface area (Å²) in [6.45, 7) is 9.00. The van der Waals surface area contributed by atoms with E-state index in [0.29, 0.717) is 12.3 Å². The lowest BCUT2D eigenvalue weighted by molar-refractivity contribution is -0.123. The van der Waals surface area contributed by atoms with Crippen LogP contribution in [0.1, 0.15) is 35.5 Å². The number of aromatic nitrogens is 1. The summed E-state index contributed by atoms with van der Waals surface area (Å²) in [6, 6.07) is 6.98. The highest BCUT2D eigenvalue weighted by molar-refractivity contribution is 5.96. The largest absolute Gasteiger partial charge is 0.355 e. The topological polar surface area (TPSA) is 87.5 Å². The number of rotatable bonds is 8. The van der Waals surface area contributed by atoms with Crippen molar-refractivity contribution < 1.29 is 14.1 Å². The van der Waals surface area contributed by atoms with Gasteiger partial charge in [0.05, 0.1) is 0 Å². The molecular weight excluding hydrogens is 356 g/mol. The maximum atomic E-state index is 12.6. The second kappa shape index (κ2) is 9.50. The molecule has 2 rings (SSSR count). The number of aryl methyl sites for hydroxylation is 2. The fourth-order valence-electron chi connectivity index (χ4n) is 2.77. The third kappa shape index (κ3) is 5.66. The number of carbonyl (C=O) groups excluding carboxylic acids is 2. The van der Waals surface area contributed by atoms with Crippen molar-refractivity contribution in [3.05, 3.63) is 41.1 Å². The smallest absolute Gasteiger partial charge is 0.274 e. The van der Waals surface area contributed by atoms with E-state index in [1.807, 2.05) is 64.9 Å². The summed E-state index contributed by atoms with van der Waals surface area (Å²) in [5, 5.41) is 9.53. The van der Waals surface area contributed by atoms with Crippen molar-refractivity contribution in [1.29, 1.82) is 0 Å². The van der Waals surface area contributed by atoms with E-state index in [0.717, 1.165) is 23.2 Å². The minimum atomic E-state index is -0.643. The second-order valence-electron chi connectivity index (χ2n) is 7.68. The zero-order valence-electron chi connectivity index (χ0n) is 17.5. The minimum Gasteiger partial charge on any atom is -0.355 e. The third-order valence-corrected chi connectivity index (χ3v) is 4.50. The van der Waals surface area contributed by atoms with Crippen molar-refractivity contribution in [2.75, 3.05) is 27.2 Å². The lowest BCUT2D eigenvalue weighted by atomic mass is 10.0. The van der Waals surface area contributed by atoms with Crippen LogP contribution in [0.3, 0.4) is 0 Å². The van der Waals surface area contributed by atoms with Gasteiger partial charge in [-0.15, -0.1) is 0 Å². The predicted octanol–water partition coefficient (Wildman–Crippen LogP) is 2.39. The van der Waals surface area contributed by atoms with Gasteiger partial charge < -0.3 is 20.1 Å². The number of carbonyl (C=O) groups is 2. The molecule has 0 saturated heterocycles. The highest BCUT2D eigenvalue weighted by Crippen LogP contribution is 2.25. The Bertz CT molecular complexity index is 827. The molecule has 0 aliphatic heterocycles. The summed E-state index contributed by atoms with van der Waals surface area (Å²) in [6.07, 6.45) is 0. The van der Waals surface area contributed by atoms with Crippen LogP contribution >= 0.6 is 0 Å². The van der Waals surface area contributed by atoms with E-state index in [1.165, 1.54) is 0 Å². The molecule has 1 aromatic carbocycles. The standard InChI is InChI=1S/C21H30N4O3/c1-13(2)19(21(27)22-9-10-25(5)6)23-20(26)17-12-18(28-24-17)16-11-14(3)7-8-15(16)4/h7-8,11-13,19H,9-10H2,1-6H3,(H,22,27)(H,23,26)/t19-/m1/s1. The van der Waals surface area contributed by atoms with E-state index in [2.05, 4.69) is 15.8 Å². The van der Waals surface area contributed by atoms with Gasteiger partial charge >= 0.3 is 0 Å². The molecule has 7 heteroatoms. The molecule has 152 valence electrons. The summed E-state index contributed by atoms with van der Waals surface area (Å²) in [7, 11) is 3.87. The van der Waals surface area contributed by atoms with E-state index in [-0.39, 0.29) is 17.5 Å². The van der Waals surface area contributed by atoms with Crippen molar-refractivity contribution in [3.8, 4) is 11.3 Å². The quantitative estimate of drug-likeness (QED) is 0.727. The maximum absolute atomic E-state index is 12.6. The van der Waals surface area contributed by atoms with Crippen LogP contribution in [0.2, 0.25) is 0 Å². The molecule has 2 aromatic rings. The minimum absolute atomic E-state index is 0.0614. The SMILES string of the molecule is Cc1ccc(C)c(-c2cc(C(=O)N[C@@H](C(=O)NCCN(C)C)C(C)C)no2)c1. The molecule has 2 amide bonds. The van der Waals surface area contributed by atoms with Crippen LogP contribution in [0.5, 0.6) is 0 Å². The van der Waals surface area contributed by atoms with Crippen molar-refractivity contribution in [3.63, 3.8) is 0 Å². The van der Waals surface area contributed by atoms with Gasteiger partial charge in [-0.05, 0) is 45.5 Å². The second-order valence-corrected chi connectivity index (χ2v) is 7.68. The van der Waals surface area contributed by atoms with Gasteiger partial charge in [-0.3, -0.25) is 9.59 Å². The van der Waals surface area contributed by atoms with Gasteiger partial charge in [0.1, 0.15) is 6.04 Å². The van der Waals surface area contributed by atoms with Gasteiger partial charge in [0.15, 0.2) is 11.5 Å². The number of benzene rings is 1. The van der Waals surface area contributed by atoms with Crippen molar-refractivity contribution >= 4 is 11.8 Å². The molecule has 0 aliphatic rings. The first-order chi connectivity index (χ1) is 13.2. The Morgan fingerprint density at radius 1 is 1.18 bits per heavy atom. The lowest BCUT2D eigenvalue weighted by Gasteiger charge is -2.21. The molecule has 28 heavy (non-hydrogen) atoms. The van der Waals surface area contributed by atoms with E-state index in [9.17, 15) is 9.59 Å². The number of nitrogens with zero attached hydrogens (tertiary/aromatic N) is 2. The summed E-state index contributed by atoms with van der Waals surface area (Å²) in [4.78, 5) is 27.1. The van der Waals surface area contributed by atoms with E-state index in [4.69, 9.17) is 4.52 Å². The number of hydrogen-bond acceptors (Lipinski definition) is 5. The van der Waals surface area contributed by atoms with Crippen LogP contribution in [-0.2, 0) is 4.79 Å². The number of likely N-dealkylation sites (N-methyl/N-ethyl adjacent to an activating group) is 1. The Labute approximate surface area is 166 Å². The lowest BCUT2D eigenvalue weighted by Crippen LogP contribution is -2.50.